The normalized spacial score (nSPS) is 17.1. The average Bonchev–Trinajstić information content (AvgIpc) is 2.23. The molecule has 1 aliphatic carbocycles. The van der Waals surface area contributed by atoms with E-state index in [1.165, 1.54) is 13.2 Å². The number of carboxylic acid groups (broad SMARTS) is 1. The van der Waals surface area contributed by atoms with Crippen LogP contribution in [0.2, 0.25) is 5.02 Å². The van der Waals surface area contributed by atoms with Crippen molar-refractivity contribution in [1.82, 2.24) is 0 Å². The molecule has 0 aliphatic heterocycles. The molecular weight excluding hydrogens is 259 g/mol. The molecule has 1 saturated carbocycles. The van der Waals surface area contributed by atoms with E-state index in [9.17, 15) is 14.3 Å². The first-order valence-corrected chi connectivity index (χ1v) is 6.08. The van der Waals surface area contributed by atoms with Crippen molar-refractivity contribution in [2.75, 3.05) is 7.11 Å². The number of carboxylic acids is 1. The second kappa shape index (κ2) is 4.43. The van der Waals surface area contributed by atoms with E-state index in [-0.39, 0.29) is 10.6 Å². The molecule has 1 aromatic carbocycles. The third kappa shape index (κ3) is 1.67. The number of halogens is 2. The summed E-state index contributed by atoms with van der Waals surface area (Å²) in [5.74, 6) is -1.19. The van der Waals surface area contributed by atoms with E-state index < -0.39 is 17.2 Å². The molecule has 3 nitrogen and oxygen atoms in total. The van der Waals surface area contributed by atoms with E-state index >= 15 is 0 Å². The molecule has 1 N–H and O–H groups in total. The zero-order valence-corrected chi connectivity index (χ0v) is 11.0. The first kappa shape index (κ1) is 13.1. The smallest absolute Gasteiger partial charge is 0.314 e. The number of aliphatic carboxylic acids is 1. The predicted octanol–water partition coefficient (Wildman–Crippen LogP) is 3.30. The number of ether oxygens (including phenoxy) is 1. The van der Waals surface area contributed by atoms with E-state index in [0.717, 1.165) is 6.42 Å². The van der Waals surface area contributed by atoms with Crippen LogP contribution in [0.1, 0.15) is 30.4 Å². The van der Waals surface area contributed by atoms with Crippen molar-refractivity contribution in [1.29, 1.82) is 0 Å². The standard InChI is InChI=1S/C13H14ClFO3/c1-7-6-8(15)10(14)9(11(7)18-2)13(12(16)17)4-3-5-13/h6H,3-5H2,1-2H3,(H,16,17). The molecule has 0 amide bonds. The number of hydrogen-bond acceptors (Lipinski definition) is 2. The lowest BCUT2D eigenvalue weighted by Crippen LogP contribution is -2.43. The minimum atomic E-state index is -1.10. The van der Waals surface area contributed by atoms with Crippen molar-refractivity contribution in [3.05, 3.63) is 28.0 Å². The number of aryl methyl sites for hydroxylation is 1. The van der Waals surface area contributed by atoms with Crippen molar-refractivity contribution in [2.45, 2.75) is 31.6 Å². The largest absolute Gasteiger partial charge is 0.496 e. The molecule has 1 fully saturated rings. The minimum absolute atomic E-state index is 0.139. The van der Waals surface area contributed by atoms with Crippen LogP contribution in [0.5, 0.6) is 5.75 Å². The van der Waals surface area contributed by atoms with Crippen molar-refractivity contribution in [3.8, 4) is 5.75 Å². The number of hydrogen-bond donors (Lipinski definition) is 1. The molecule has 18 heavy (non-hydrogen) atoms. The highest BCUT2D eigenvalue weighted by molar-refractivity contribution is 6.32. The average molecular weight is 273 g/mol. The molecule has 0 heterocycles. The Hall–Kier alpha value is -1.29. The topological polar surface area (TPSA) is 46.5 Å². The molecule has 0 unspecified atom stereocenters. The molecule has 0 aromatic heterocycles. The summed E-state index contributed by atoms with van der Waals surface area (Å²) in [6.07, 6.45) is 1.71. The summed E-state index contributed by atoms with van der Waals surface area (Å²) in [5.41, 5.74) is -0.264. The highest BCUT2D eigenvalue weighted by Crippen LogP contribution is 2.51. The number of carbonyl (C=O) groups is 1. The summed E-state index contributed by atoms with van der Waals surface area (Å²) in [6.45, 7) is 1.68. The fourth-order valence-corrected chi connectivity index (χ4v) is 2.85. The fourth-order valence-electron chi connectivity index (χ4n) is 2.53. The van der Waals surface area contributed by atoms with Gasteiger partial charge in [-0.05, 0) is 31.4 Å². The van der Waals surface area contributed by atoms with Crippen LogP contribution in [0.3, 0.4) is 0 Å². The zero-order chi connectivity index (χ0) is 13.5. The quantitative estimate of drug-likeness (QED) is 0.918. The molecule has 2 rings (SSSR count). The molecule has 98 valence electrons. The van der Waals surface area contributed by atoms with Gasteiger partial charge >= 0.3 is 5.97 Å². The molecule has 0 bridgehead atoms. The Bertz CT molecular complexity index is 509. The van der Waals surface area contributed by atoms with Gasteiger partial charge in [0.15, 0.2) is 0 Å². The Labute approximate surface area is 110 Å². The van der Waals surface area contributed by atoms with Crippen LogP contribution in [0.4, 0.5) is 4.39 Å². The van der Waals surface area contributed by atoms with Gasteiger partial charge in [0.1, 0.15) is 11.6 Å². The first-order chi connectivity index (χ1) is 8.44. The summed E-state index contributed by atoms with van der Waals surface area (Å²) in [4.78, 5) is 11.5. The van der Waals surface area contributed by atoms with E-state index in [2.05, 4.69) is 0 Å². The van der Waals surface area contributed by atoms with Gasteiger partial charge in [0, 0.05) is 5.56 Å². The third-order valence-electron chi connectivity index (χ3n) is 3.66. The highest BCUT2D eigenvalue weighted by atomic mass is 35.5. The van der Waals surface area contributed by atoms with Gasteiger partial charge in [0.2, 0.25) is 0 Å². The van der Waals surface area contributed by atoms with E-state index in [4.69, 9.17) is 16.3 Å². The summed E-state index contributed by atoms with van der Waals surface area (Å²) in [7, 11) is 1.44. The van der Waals surface area contributed by atoms with Crippen LogP contribution in [-0.2, 0) is 10.2 Å². The molecule has 0 spiro atoms. The Morgan fingerprint density at radius 2 is 2.17 bits per heavy atom. The maximum atomic E-state index is 13.7. The molecule has 0 saturated heterocycles. The molecule has 1 aliphatic rings. The molecule has 1 aromatic rings. The summed E-state index contributed by atoms with van der Waals surface area (Å²) in [6, 6.07) is 1.26. The number of rotatable bonds is 3. The van der Waals surface area contributed by atoms with Gasteiger partial charge in [0.25, 0.3) is 0 Å². The van der Waals surface area contributed by atoms with Gasteiger partial charge in [-0.25, -0.2) is 4.39 Å². The van der Waals surface area contributed by atoms with Crippen molar-refractivity contribution in [2.24, 2.45) is 0 Å². The van der Waals surface area contributed by atoms with Gasteiger partial charge in [0.05, 0.1) is 17.5 Å². The summed E-state index contributed by atoms with van der Waals surface area (Å²) < 4.78 is 19.0. The van der Waals surface area contributed by atoms with E-state index in [1.54, 1.807) is 6.92 Å². The Morgan fingerprint density at radius 1 is 1.56 bits per heavy atom. The van der Waals surface area contributed by atoms with Crippen LogP contribution in [0.25, 0.3) is 0 Å². The van der Waals surface area contributed by atoms with Gasteiger partial charge in [-0.1, -0.05) is 18.0 Å². The lowest BCUT2D eigenvalue weighted by Gasteiger charge is -2.39. The second-order valence-electron chi connectivity index (χ2n) is 4.64. The van der Waals surface area contributed by atoms with E-state index in [1.807, 2.05) is 0 Å². The molecule has 0 radical (unpaired) electrons. The first-order valence-electron chi connectivity index (χ1n) is 5.70. The van der Waals surface area contributed by atoms with Gasteiger partial charge in [-0.15, -0.1) is 0 Å². The second-order valence-corrected chi connectivity index (χ2v) is 5.02. The lowest BCUT2D eigenvalue weighted by atomic mass is 9.64. The maximum Gasteiger partial charge on any atom is 0.314 e. The Morgan fingerprint density at radius 3 is 2.56 bits per heavy atom. The van der Waals surface area contributed by atoms with E-state index in [0.29, 0.717) is 24.2 Å². The number of methoxy groups -OCH3 is 1. The third-order valence-corrected chi connectivity index (χ3v) is 4.03. The molecule has 0 atom stereocenters. The van der Waals surface area contributed by atoms with Crippen molar-refractivity contribution >= 4 is 17.6 Å². The van der Waals surface area contributed by atoms with Gasteiger partial charge in [-0.2, -0.15) is 0 Å². The van der Waals surface area contributed by atoms with Gasteiger partial charge < -0.3 is 9.84 Å². The van der Waals surface area contributed by atoms with Crippen LogP contribution < -0.4 is 4.74 Å². The van der Waals surface area contributed by atoms with Crippen LogP contribution >= 0.6 is 11.6 Å². The van der Waals surface area contributed by atoms with Crippen LogP contribution in [0.15, 0.2) is 6.07 Å². The molecular formula is C13H14ClFO3. The van der Waals surface area contributed by atoms with Crippen molar-refractivity contribution in [3.63, 3.8) is 0 Å². The van der Waals surface area contributed by atoms with Gasteiger partial charge in [-0.3, -0.25) is 4.79 Å². The Balaban J connectivity index is 2.72. The predicted molar refractivity (Wildman–Crippen MR) is 65.9 cm³/mol. The zero-order valence-electron chi connectivity index (χ0n) is 10.2. The monoisotopic (exact) mass is 272 g/mol. The summed E-state index contributed by atoms with van der Waals surface area (Å²) in [5, 5.41) is 9.29. The van der Waals surface area contributed by atoms with Crippen molar-refractivity contribution < 1.29 is 19.0 Å². The summed E-state index contributed by atoms with van der Waals surface area (Å²) >= 11 is 5.97. The highest BCUT2D eigenvalue weighted by Gasteiger charge is 2.49. The lowest BCUT2D eigenvalue weighted by molar-refractivity contribution is -0.147. The maximum absolute atomic E-state index is 13.7. The molecule has 5 heteroatoms. The van der Waals surface area contributed by atoms with Crippen LogP contribution in [-0.4, -0.2) is 18.2 Å². The number of benzene rings is 1. The minimum Gasteiger partial charge on any atom is -0.496 e. The SMILES string of the molecule is COc1c(C)cc(F)c(Cl)c1C1(C(=O)O)CCC1. The van der Waals surface area contributed by atoms with Crippen LogP contribution in [0, 0.1) is 12.7 Å². The Kier molecular flexibility index (Phi) is 3.23. The fraction of sp³-hybridized carbons (Fsp3) is 0.462.